The number of para-hydroxylation sites is 2. The topological polar surface area (TPSA) is 96.0 Å². The maximum atomic E-state index is 12.0. The first-order chi connectivity index (χ1) is 14.9. The van der Waals surface area contributed by atoms with Crippen LogP contribution in [0.5, 0.6) is 11.5 Å². The number of methoxy groups -OCH3 is 1. The van der Waals surface area contributed by atoms with E-state index in [9.17, 15) is 19.2 Å². The molecule has 0 amide bonds. The Morgan fingerprint density at radius 2 is 1.13 bits per heavy atom. The summed E-state index contributed by atoms with van der Waals surface area (Å²) in [4.78, 5) is 47.3. The monoisotopic (exact) mass is 426 g/mol. The molecule has 0 unspecified atom stereocenters. The summed E-state index contributed by atoms with van der Waals surface area (Å²) in [6.45, 7) is 1.42. The second-order valence-corrected chi connectivity index (χ2v) is 6.90. The molecule has 0 aromatic heterocycles. The molecule has 0 aliphatic heterocycles. The highest BCUT2D eigenvalue weighted by Gasteiger charge is 2.15. The van der Waals surface area contributed by atoms with Crippen LogP contribution in [0.2, 0.25) is 0 Å². The summed E-state index contributed by atoms with van der Waals surface area (Å²) in [6.07, 6.45) is 3.12. The average molecular weight is 426 g/mol. The predicted octanol–water partition coefficient (Wildman–Crippen LogP) is 4.53. The number of benzene rings is 2. The maximum Gasteiger partial charge on any atom is 0.341 e. The fourth-order valence-electron chi connectivity index (χ4n) is 2.92. The summed E-state index contributed by atoms with van der Waals surface area (Å²) in [5.74, 6) is -1.11. The number of hydrogen-bond donors (Lipinski definition) is 0. The van der Waals surface area contributed by atoms with Gasteiger partial charge in [0.15, 0.2) is 5.78 Å². The molecule has 0 spiro atoms. The van der Waals surface area contributed by atoms with Gasteiger partial charge in [0, 0.05) is 12.8 Å². The van der Waals surface area contributed by atoms with Crippen LogP contribution in [-0.2, 0) is 14.3 Å². The number of ether oxygens (including phenoxy) is 3. The Labute approximate surface area is 181 Å². The lowest BCUT2D eigenvalue weighted by Gasteiger charge is -2.09. The van der Waals surface area contributed by atoms with Crippen LogP contribution >= 0.6 is 0 Å². The number of rotatable bonds is 11. The molecular formula is C24H26O7. The number of carbonyl (C=O) groups is 4. The molecule has 0 aliphatic carbocycles. The van der Waals surface area contributed by atoms with Crippen molar-refractivity contribution in [3.8, 4) is 11.5 Å². The van der Waals surface area contributed by atoms with Gasteiger partial charge in [0.1, 0.15) is 17.1 Å². The van der Waals surface area contributed by atoms with Crippen molar-refractivity contribution < 1.29 is 33.4 Å². The van der Waals surface area contributed by atoms with Gasteiger partial charge in [-0.15, -0.1) is 0 Å². The maximum absolute atomic E-state index is 12.0. The van der Waals surface area contributed by atoms with Crippen LogP contribution in [0.4, 0.5) is 0 Å². The second kappa shape index (κ2) is 12.3. The second-order valence-electron chi connectivity index (χ2n) is 6.90. The van der Waals surface area contributed by atoms with Crippen molar-refractivity contribution in [3.63, 3.8) is 0 Å². The molecule has 0 saturated carbocycles. The van der Waals surface area contributed by atoms with Gasteiger partial charge in [0.25, 0.3) is 0 Å². The van der Waals surface area contributed by atoms with E-state index in [1.807, 2.05) is 0 Å². The van der Waals surface area contributed by atoms with Gasteiger partial charge in [-0.1, -0.05) is 37.1 Å². The Balaban J connectivity index is 1.67. The minimum absolute atomic E-state index is 0.163. The van der Waals surface area contributed by atoms with E-state index in [2.05, 4.69) is 4.74 Å². The van der Waals surface area contributed by atoms with E-state index in [-0.39, 0.29) is 35.7 Å². The van der Waals surface area contributed by atoms with Crippen LogP contribution < -0.4 is 9.47 Å². The van der Waals surface area contributed by atoms with Gasteiger partial charge in [0.05, 0.1) is 12.7 Å². The lowest BCUT2D eigenvalue weighted by Crippen LogP contribution is -2.12. The summed E-state index contributed by atoms with van der Waals surface area (Å²) in [6, 6.07) is 13.0. The number of esters is 3. The number of hydrogen-bond acceptors (Lipinski definition) is 7. The zero-order valence-corrected chi connectivity index (χ0v) is 17.7. The SMILES string of the molecule is COC(=O)c1ccccc1OC(=O)CCCCCCC(=O)Oc1ccccc1C(C)=O. The van der Waals surface area contributed by atoms with Gasteiger partial charge in [-0.3, -0.25) is 14.4 Å². The molecule has 164 valence electrons. The van der Waals surface area contributed by atoms with Gasteiger partial charge >= 0.3 is 17.9 Å². The Hall–Kier alpha value is -3.48. The molecule has 0 N–H and O–H groups in total. The zero-order valence-electron chi connectivity index (χ0n) is 17.7. The van der Waals surface area contributed by atoms with E-state index in [1.165, 1.54) is 20.1 Å². The largest absolute Gasteiger partial charge is 0.465 e. The van der Waals surface area contributed by atoms with Crippen molar-refractivity contribution in [1.29, 1.82) is 0 Å². The van der Waals surface area contributed by atoms with Crippen LogP contribution in [-0.4, -0.2) is 30.8 Å². The lowest BCUT2D eigenvalue weighted by atomic mass is 10.1. The molecule has 2 aromatic carbocycles. The zero-order chi connectivity index (χ0) is 22.6. The number of Topliss-reactive ketones (excluding diaryl/α,β-unsaturated/α-hetero) is 1. The van der Waals surface area contributed by atoms with Gasteiger partial charge in [-0.25, -0.2) is 4.79 Å². The van der Waals surface area contributed by atoms with E-state index in [4.69, 9.17) is 9.47 Å². The molecule has 0 radical (unpaired) electrons. The summed E-state index contributed by atoms with van der Waals surface area (Å²) >= 11 is 0. The molecule has 0 bridgehead atoms. The van der Waals surface area contributed by atoms with Gasteiger partial charge in [-0.05, 0) is 44.0 Å². The highest BCUT2D eigenvalue weighted by molar-refractivity contribution is 5.97. The molecule has 2 rings (SSSR count). The standard InChI is InChI=1S/C24H26O7/c1-17(25)18-11-7-9-13-20(18)30-22(26)15-5-3-4-6-16-23(27)31-21-14-10-8-12-19(21)24(28)29-2/h7-14H,3-6,15-16H2,1-2H3. The first-order valence-corrected chi connectivity index (χ1v) is 10.1. The van der Waals surface area contributed by atoms with Gasteiger partial charge in [-0.2, -0.15) is 0 Å². The Bertz CT molecular complexity index is 933. The quantitative estimate of drug-likeness (QED) is 0.225. The van der Waals surface area contributed by atoms with E-state index in [1.54, 1.807) is 42.5 Å². The predicted molar refractivity (Wildman–Crippen MR) is 113 cm³/mol. The summed E-state index contributed by atoms with van der Waals surface area (Å²) in [5.41, 5.74) is 0.575. The minimum atomic E-state index is -0.568. The van der Waals surface area contributed by atoms with E-state index >= 15 is 0 Å². The van der Waals surface area contributed by atoms with Crippen molar-refractivity contribution in [2.24, 2.45) is 0 Å². The third kappa shape index (κ3) is 7.70. The summed E-state index contributed by atoms with van der Waals surface area (Å²) in [7, 11) is 1.26. The molecule has 31 heavy (non-hydrogen) atoms. The normalized spacial score (nSPS) is 10.3. The third-order valence-corrected chi connectivity index (χ3v) is 4.52. The minimum Gasteiger partial charge on any atom is -0.465 e. The molecule has 2 aromatic rings. The van der Waals surface area contributed by atoms with Crippen LogP contribution in [0.25, 0.3) is 0 Å². The fraction of sp³-hybridized carbons (Fsp3) is 0.333. The molecule has 7 nitrogen and oxygen atoms in total. The number of unbranched alkanes of at least 4 members (excludes halogenated alkanes) is 3. The van der Waals surface area contributed by atoms with Crippen molar-refractivity contribution in [2.75, 3.05) is 7.11 Å². The van der Waals surface area contributed by atoms with Crippen LogP contribution in [0.1, 0.15) is 66.2 Å². The Morgan fingerprint density at radius 1 is 0.677 bits per heavy atom. The molecule has 0 aliphatic rings. The third-order valence-electron chi connectivity index (χ3n) is 4.52. The van der Waals surface area contributed by atoms with Crippen LogP contribution in [0, 0.1) is 0 Å². The van der Waals surface area contributed by atoms with E-state index < -0.39 is 17.9 Å². The van der Waals surface area contributed by atoms with Crippen LogP contribution in [0.3, 0.4) is 0 Å². The molecule has 0 atom stereocenters. The van der Waals surface area contributed by atoms with Crippen LogP contribution in [0.15, 0.2) is 48.5 Å². The van der Waals surface area contributed by atoms with Crippen molar-refractivity contribution in [1.82, 2.24) is 0 Å². The summed E-state index contributed by atoms with van der Waals surface area (Å²) in [5, 5.41) is 0. The summed E-state index contributed by atoms with van der Waals surface area (Å²) < 4.78 is 15.2. The van der Waals surface area contributed by atoms with Crippen molar-refractivity contribution >= 4 is 23.7 Å². The first-order valence-electron chi connectivity index (χ1n) is 10.1. The smallest absolute Gasteiger partial charge is 0.341 e. The lowest BCUT2D eigenvalue weighted by molar-refractivity contribution is -0.135. The first kappa shape index (κ1) is 23.8. The van der Waals surface area contributed by atoms with E-state index in [0.29, 0.717) is 18.4 Å². The Kier molecular flexibility index (Phi) is 9.42. The van der Waals surface area contributed by atoms with Gasteiger partial charge < -0.3 is 14.2 Å². The molecule has 0 heterocycles. The Morgan fingerprint density at radius 3 is 1.61 bits per heavy atom. The number of carbonyl (C=O) groups excluding carboxylic acids is 4. The van der Waals surface area contributed by atoms with E-state index in [0.717, 1.165) is 12.8 Å². The molecular weight excluding hydrogens is 400 g/mol. The highest BCUT2D eigenvalue weighted by atomic mass is 16.5. The highest BCUT2D eigenvalue weighted by Crippen LogP contribution is 2.21. The molecule has 7 heteroatoms. The van der Waals surface area contributed by atoms with Gasteiger partial charge in [0.2, 0.25) is 0 Å². The number of ketones is 1. The molecule has 0 fully saturated rings. The average Bonchev–Trinajstić information content (AvgIpc) is 2.76. The molecule has 0 saturated heterocycles. The fourth-order valence-corrected chi connectivity index (χ4v) is 2.92. The van der Waals surface area contributed by atoms with Crippen molar-refractivity contribution in [2.45, 2.75) is 45.4 Å². The van der Waals surface area contributed by atoms with Crippen molar-refractivity contribution in [3.05, 3.63) is 59.7 Å².